The molecule has 0 saturated heterocycles. The molecule has 21 heavy (non-hydrogen) atoms. The number of aliphatic hydroxyl groups excluding tert-OH is 3. The van der Waals surface area contributed by atoms with E-state index in [0.717, 1.165) is 40.9 Å². The largest absolute Gasteiger partial charge is 0.393 e. The molecule has 3 N–H and O–H groups in total. The van der Waals surface area contributed by atoms with Crippen molar-refractivity contribution >= 4 is 35.3 Å². The molecule has 128 valence electrons. The molecule has 3 nitrogen and oxygen atoms in total. The minimum absolute atomic E-state index is 0.207. The first-order valence-electron chi connectivity index (χ1n) is 7.58. The molecule has 0 aliphatic rings. The van der Waals surface area contributed by atoms with Gasteiger partial charge in [-0.05, 0) is 32.6 Å². The minimum atomic E-state index is -0.264. The van der Waals surface area contributed by atoms with Crippen LogP contribution in [0.1, 0.15) is 34.1 Å². The molecule has 0 bridgehead atoms. The number of aliphatic hydroxyl groups is 3. The molecule has 3 atom stereocenters. The molecule has 0 rings (SSSR count). The van der Waals surface area contributed by atoms with E-state index in [1.54, 1.807) is 0 Å². The summed E-state index contributed by atoms with van der Waals surface area (Å²) in [6.07, 6.45) is 0.291. The quantitative estimate of drug-likeness (QED) is 0.472. The summed E-state index contributed by atoms with van der Waals surface area (Å²) in [5.74, 6) is 5.37. The predicted octanol–water partition coefficient (Wildman–Crippen LogP) is 2.72. The molecule has 0 saturated carbocycles. The Labute approximate surface area is 143 Å². The third kappa shape index (κ3) is 12.1. The third-order valence-corrected chi connectivity index (χ3v) is 7.66. The van der Waals surface area contributed by atoms with Gasteiger partial charge in [-0.3, -0.25) is 0 Å². The molecular weight excluding hydrogens is 324 g/mol. The SMILES string of the molecule is CCC(CSCC(C)O)(CSCC(C)O)CSCC(C)O. The Hall–Kier alpha value is 0.930. The smallest absolute Gasteiger partial charge is 0.0602 e. The Morgan fingerprint density at radius 3 is 1.19 bits per heavy atom. The van der Waals surface area contributed by atoms with Crippen LogP contribution in [0.25, 0.3) is 0 Å². The second-order valence-electron chi connectivity index (χ2n) is 5.95. The van der Waals surface area contributed by atoms with Gasteiger partial charge >= 0.3 is 0 Å². The van der Waals surface area contributed by atoms with E-state index in [1.807, 2.05) is 56.1 Å². The molecule has 0 aromatic carbocycles. The highest BCUT2D eigenvalue weighted by Crippen LogP contribution is 2.35. The zero-order valence-corrected chi connectivity index (χ0v) is 16.2. The van der Waals surface area contributed by atoms with Crippen LogP contribution in [0.15, 0.2) is 0 Å². The lowest BCUT2D eigenvalue weighted by Crippen LogP contribution is -2.31. The van der Waals surface area contributed by atoms with Gasteiger partial charge in [-0.25, -0.2) is 0 Å². The van der Waals surface area contributed by atoms with Crippen molar-refractivity contribution in [2.24, 2.45) is 5.41 Å². The van der Waals surface area contributed by atoms with Crippen molar-refractivity contribution in [2.45, 2.75) is 52.4 Å². The van der Waals surface area contributed by atoms with Crippen LogP contribution in [0.5, 0.6) is 0 Å². The van der Waals surface area contributed by atoms with Gasteiger partial charge in [0.1, 0.15) is 0 Å². The normalized spacial score (nSPS) is 19.0. The molecule has 0 aliphatic carbocycles. The minimum Gasteiger partial charge on any atom is -0.393 e. The van der Waals surface area contributed by atoms with Crippen molar-refractivity contribution in [3.63, 3.8) is 0 Å². The van der Waals surface area contributed by atoms with Gasteiger partial charge in [0, 0.05) is 34.5 Å². The second kappa shape index (κ2) is 12.4. The van der Waals surface area contributed by atoms with E-state index in [1.165, 1.54) is 0 Å². The van der Waals surface area contributed by atoms with E-state index in [2.05, 4.69) is 6.92 Å². The molecule has 0 aromatic rings. The Bertz CT molecular complexity index is 212. The maximum atomic E-state index is 9.42. The van der Waals surface area contributed by atoms with Gasteiger partial charge in [-0.2, -0.15) is 35.3 Å². The number of thioether (sulfide) groups is 3. The molecule has 6 heteroatoms. The van der Waals surface area contributed by atoms with E-state index >= 15 is 0 Å². The monoisotopic (exact) mass is 356 g/mol. The summed E-state index contributed by atoms with van der Waals surface area (Å²) in [6.45, 7) is 7.69. The lowest BCUT2D eigenvalue weighted by atomic mass is 9.92. The Kier molecular flexibility index (Phi) is 12.9. The van der Waals surface area contributed by atoms with E-state index in [-0.39, 0.29) is 23.7 Å². The van der Waals surface area contributed by atoms with Gasteiger partial charge in [0.05, 0.1) is 18.3 Å². The maximum absolute atomic E-state index is 9.42. The van der Waals surface area contributed by atoms with Crippen LogP contribution in [-0.4, -0.2) is 68.1 Å². The van der Waals surface area contributed by atoms with Crippen LogP contribution in [0.3, 0.4) is 0 Å². The molecular formula is C15H32O3S3. The lowest BCUT2D eigenvalue weighted by Gasteiger charge is -2.33. The highest BCUT2D eigenvalue weighted by molar-refractivity contribution is 8.01. The second-order valence-corrected chi connectivity index (χ2v) is 9.04. The van der Waals surface area contributed by atoms with Gasteiger partial charge < -0.3 is 15.3 Å². The average molecular weight is 357 g/mol. The van der Waals surface area contributed by atoms with Crippen molar-refractivity contribution in [3.8, 4) is 0 Å². The molecule has 0 fully saturated rings. The lowest BCUT2D eigenvalue weighted by molar-refractivity contribution is 0.220. The molecule has 0 radical (unpaired) electrons. The predicted molar refractivity (Wildman–Crippen MR) is 99.7 cm³/mol. The van der Waals surface area contributed by atoms with Crippen molar-refractivity contribution < 1.29 is 15.3 Å². The Morgan fingerprint density at radius 2 is 1.00 bits per heavy atom. The van der Waals surface area contributed by atoms with E-state index in [9.17, 15) is 15.3 Å². The third-order valence-electron chi connectivity index (χ3n) is 3.05. The fourth-order valence-electron chi connectivity index (χ4n) is 1.77. The van der Waals surface area contributed by atoms with Crippen molar-refractivity contribution in [3.05, 3.63) is 0 Å². The summed E-state index contributed by atoms with van der Waals surface area (Å²) in [4.78, 5) is 0. The highest BCUT2D eigenvalue weighted by atomic mass is 32.2. The Morgan fingerprint density at radius 1 is 0.714 bits per heavy atom. The fourth-order valence-corrected chi connectivity index (χ4v) is 6.06. The van der Waals surface area contributed by atoms with Gasteiger partial charge in [-0.1, -0.05) is 6.92 Å². The number of rotatable bonds is 13. The topological polar surface area (TPSA) is 60.7 Å². The first-order valence-corrected chi connectivity index (χ1v) is 11.0. The first-order chi connectivity index (χ1) is 9.81. The zero-order chi connectivity index (χ0) is 16.3. The van der Waals surface area contributed by atoms with Crippen molar-refractivity contribution in [1.29, 1.82) is 0 Å². The fraction of sp³-hybridized carbons (Fsp3) is 1.00. The molecule has 0 heterocycles. The molecule has 0 aliphatic heterocycles. The van der Waals surface area contributed by atoms with Crippen molar-refractivity contribution in [2.75, 3.05) is 34.5 Å². The number of hydrogen-bond acceptors (Lipinski definition) is 6. The average Bonchev–Trinajstić information content (AvgIpc) is 2.36. The van der Waals surface area contributed by atoms with Gasteiger partial charge in [0.25, 0.3) is 0 Å². The molecule has 0 aromatic heterocycles. The van der Waals surface area contributed by atoms with Crippen LogP contribution in [-0.2, 0) is 0 Å². The van der Waals surface area contributed by atoms with Gasteiger partial charge in [0.15, 0.2) is 0 Å². The molecule has 3 unspecified atom stereocenters. The summed E-state index contributed by atoms with van der Waals surface area (Å²) < 4.78 is 0. The highest BCUT2D eigenvalue weighted by Gasteiger charge is 2.28. The molecule has 0 amide bonds. The van der Waals surface area contributed by atoms with E-state index < -0.39 is 0 Å². The van der Waals surface area contributed by atoms with E-state index in [4.69, 9.17) is 0 Å². The van der Waals surface area contributed by atoms with E-state index in [0.29, 0.717) is 0 Å². The van der Waals surface area contributed by atoms with Crippen LogP contribution in [0.4, 0.5) is 0 Å². The summed E-state index contributed by atoms with van der Waals surface area (Å²) >= 11 is 5.43. The van der Waals surface area contributed by atoms with Crippen LogP contribution >= 0.6 is 35.3 Å². The van der Waals surface area contributed by atoms with Crippen LogP contribution < -0.4 is 0 Å². The van der Waals surface area contributed by atoms with Crippen LogP contribution in [0.2, 0.25) is 0 Å². The first kappa shape index (κ1) is 21.9. The summed E-state index contributed by atoms with van der Waals surface area (Å²) in [7, 11) is 0. The van der Waals surface area contributed by atoms with Gasteiger partial charge in [0.2, 0.25) is 0 Å². The molecule has 0 spiro atoms. The number of hydrogen-bond donors (Lipinski definition) is 3. The van der Waals surface area contributed by atoms with Gasteiger partial charge in [-0.15, -0.1) is 0 Å². The maximum Gasteiger partial charge on any atom is 0.0602 e. The summed E-state index contributed by atoms with van der Waals surface area (Å²) in [5, 5.41) is 28.3. The zero-order valence-electron chi connectivity index (χ0n) is 13.7. The summed E-state index contributed by atoms with van der Waals surface area (Å²) in [6, 6.07) is 0. The summed E-state index contributed by atoms with van der Waals surface area (Å²) in [5.41, 5.74) is 0.207. The Balaban J connectivity index is 4.43. The van der Waals surface area contributed by atoms with Crippen LogP contribution in [0, 0.1) is 5.41 Å². The standard InChI is InChI=1S/C15H32O3S3/c1-5-15(9-19-6-12(2)16,10-20-7-13(3)17)11-21-8-14(4)18/h12-14,16-18H,5-11H2,1-4H3. The van der Waals surface area contributed by atoms with Crippen molar-refractivity contribution in [1.82, 2.24) is 0 Å².